The van der Waals surface area contributed by atoms with Gasteiger partial charge in [0.1, 0.15) is 4.16 Å². The van der Waals surface area contributed by atoms with Crippen LogP contribution in [0.5, 0.6) is 0 Å². The van der Waals surface area contributed by atoms with Gasteiger partial charge in [-0.3, -0.25) is 0 Å². The van der Waals surface area contributed by atoms with Crippen LogP contribution in [0.1, 0.15) is 6.92 Å². The van der Waals surface area contributed by atoms with Gasteiger partial charge in [0.15, 0.2) is 5.84 Å². The molecule has 0 radical (unpaired) electrons. The van der Waals surface area contributed by atoms with E-state index in [1.54, 1.807) is 0 Å². The van der Waals surface area contributed by atoms with Crippen molar-refractivity contribution in [3.05, 3.63) is 0 Å². The summed E-state index contributed by atoms with van der Waals surface area (Å²) in [6.45, 7) is 1.83. The third-order valence-electron chi connectivity index (χ3n) is 0.890. The fourth-order valence-electron chi connectivity index (χ4n) is 0.232. The maximum absolute atomic E-state index is 5.07. The summed E-state index contributed by atoms with van der Waals surface area (Å²) in [7, 11) is 3.75. The molecule has 0 atom stereocenters. The molecule has 0 aromatic rings. The number of rotatable bonds is 1. The highest BCUT2D eigenvalue weighted by atomic mass is 32.1. The van der Waals surface area contributed by atoms with Crippen molar-refractivity contribution in [2.45, 2.75) is 6.92 Å². The highest BCUT2D eigenvalue weighted by Gasteiger charge is 1.97. The molecule has 0 heterocycles. The third-order valence-corrected chi connectivity index (χ3v) is 0.972. The minimum Gasteiger partial charge on any atom is -0.361 e. The normalized spacial score (nSPS) is 11.2. The van der Waals surface area contributed by atoms with Crippen molar-refractivity contribution in [2.75, 3.05) is 14.1 Å². The smallest absolute Gasteiger partial charge is 0.336 e. The van der Waals surface area contributed by atoms with E-state index in [9.17, 15) is 0 Å². The van der Waals surface area contributed by atoms with Gasteiger partial charge in [0, 0.05) is 14.1 Å². The van der Waals surface area contributed by atoms with Crippen LogP contribution < -0.4 is 5.84 Å². The van der Waals surface area contributed by atoms with Crippen LogP contribution >= 0.6 is 0 Å². The topological polar surface area (TPSA) is 44.6 Å². The summed E-state index contributed by atoms with van der Waals surface area (Å²) in [5.41, 5.74) is 0. The molecule has 0 rings (SSSR count). The minimum atomic E-state index is 0.785. The molecule has 0 aliphatic rings. The summed E-state index contributed by atoms with van der Waals surface area (Å²) in [4.78, 5) is 1.83. The lowest BCUT2D eigenvalue weighted by Crippen LogP contribution is -2.22. The van der Waals surface area contributed by atoms with Gasteiger partial charge in [-0.15, -0.1) is 0 Å². The number of hydrogen-bond acceptors (Lipinski definition) is 1. The van der Waals surface area contributed by atoms with Gasteiger partial charge in [-0.1, -0.05) is 0 Å². The molecule has 4 nitrogen and oxygen atoms in total. The first kappa shape index (κ1) is 8.29. The van der Waals surface area contributed by atoms with Gasteiger partial charge in [-0.05, 0) is 6.92 Å². The van der Waals surface area contributed by atoms with Crippen LogP contribution in [0.3, 0.4) is 0 Å². The molecular weight excluding hydrogens is 136 g/mol. The monoisotopic (exact) mass is 147 g/mol. The van der Waals surface area contributed by atoms with Gasteiger partial charge in [0.25, 0.3) is 0 Å². The molecule has 0 aliphatic heterocycles. The number of hydrogen-bond donors (Lipinski definition) is 1. The third kappa shape index (κ3) is 3.84. The van der Waals surface area contributed by atoms with Crippen LogP contribution in [0, 0.1) is 0 Å². The number of hydrazone groups is 1. The fraction of sp³-hybridized carbons (Fsp3) is 0.750. The molecule has 0 saturated carbocycles. The molecule has 0 saturated heterocycles. The molecule has 52 valence electrons. The molecule has 0 spiro atoms. The Bertz CT molecular complexity index is 140. The Morgan fingerprint density at radius 2 is 2.11 bits per heavy atom. The zero-order valence-corrected chi connectivity index (χ0v) is 6.64. The second kappa shape index (κ2) is 3.34. The van der Waals surface area contributed by atoms with Gasteiger partial charge in [-0.25, -0.2) is 0 Å². The zero-order valence-electron chi connectivity index (χ0n) is 5.83. The van der Waals surface area contributed by atoms with Crippen LogP contribution in [0.4, 0.5) is 0 Å². The van der Waals surface area contributed by atoms with Gasteiger partial charge in [0.05, 0.1) is 5.10 Å². The lowest BCUT2D eigenvalue weighted by atomic mass is 10.6. The first-order chi connectivity index (χ1) is 4.04. The molecule has 0 fully saturated rings. The van der Waals surface area contributed by atoms with Crippen LogP contribution in [-0.4, -0.2) is 29.0 Å². The van der Waals surface area contributed by atoms with Gasteiger partial charge in [-0.2, -0.15) is 5.84 Å². The van der Waals surface area contributed by atoms with Crippen LogP contribution in [0.15, 0.2) is 5.10 Å². The minimum absolute atomic E-state index is 0.785. The van der Waals surface area contributed by atoms with E-state index in [-0.39, 0.29) is 0 Å². The Balaban J connectivity index is 4.00. The molecule has 0 aromatic heterocycles. The van der Waals surface area contributed by atoms with E-state index in [1.165, 1.54) is 0 Å². The van der Waals surface area contributed by atoms with Crippen LogP contribution in [0.2, 0.25) is 0 Å². The Morgan fingerprint density at radius 1 is 1.67 bits per heavy atom. The quantitative estimate of drug-likeness (QED) is 0.179. The Kier molecular flexibility index (Phi) is 3.08. The molecule has 0 bridgehead atoms. The van der Waals surface area contributed by atoms with E-state index in [1.807, 2.05) is 25.9 Å². The number of hydrazine groups is 1. The predicted molar refractivity (Wildman–Crippen MR) is 38.6 cm³/mol. The number of nitrogens with zero attached hydrogens (tertiary/aromatic N) is 3. The van der Waals surface area contributed by atoms with E-state index in [0.29, 0.717) is 0 Å². The van der Waals surface area contributed by atoms with Crippen molar-refractivity contribution in [2.24, 2.45) is 10.9 Å². The lowest BCUT2D eigenvalue weighted by molar-refractivity contribution is -0.515. The van der Waals surface area contributed by atoms with Gasteiger partial charge < -0.3 is 4.90 Å². The number of nitrogens with two attached hydrogens (primary N) is 1. The molecule has 0 amide bonds. The maximum atomic E-state index is 5.07. The van der Waals surface area contributed by atoms with Crippen molar-refractivity contribution in [3.8, 4) is 0 Å². The van der Waals surface area contributed by atoms with E-state index in [2.05, 4.69) is 17.5 Å². The van der Waals surface area contributed by atoms with E-state index in [4.69, 9.17) is 5.84 Å². The maximum Gasteiger partial charge on any atom is 0.336 e. The summed E-state index contributed by atoms with van der Waals surface area (Å²) in [5, 5.41) is 3.75. The van der Waals surface area contributed by atoms with Crippen molar-refractivity contribution in [1.82, 2.24) is 4.90 Å². The van der Waals surface area contributed by atoms with Crippen LogP contribution in [0.25, 0.3) is 0 Å². The average Bonchev–Trinajstić information content (AvgIpc) is 1.63. The Morgan fingerprint density at radius 3 is 2.22 bits per heavy atom. The first-order valence-electron chi connectivity index (χ1n) is 2.48. The molecule has 5 heteroatoms. The molecular formula is C4H11N4S+. The highest BCUT2D eigenvalue weighted by molar-refractivity contribution is 7.44. The fourth-order valence-corrected chi connectivity index (χ4v) is 0.350. The average molecular weight is 147 g/mol. The van der Waals surface area contributed by atoms with Gasteiger partial charge >= 0.3 is 12.4 Å². The Hall–Kier alpha value is -0.710. The van der Waals surface area contributed by atoms with Crippen molar-refractivity contribution in [3.63, 3.8) is 0 Å². The second-order valence-corrected chi connectivity index (χ2v) is 2.22. The van der Waals surface area contributed by atoms with Crippen LogP contribution in [-0.2, 0) is 12.4 Å². The SMILES string of the molecule is CC(=N[N+](N)=S)N(C)C. The highest BCUT2D eigenvalue weighted by Crippen LogP contribution is 1.79. The van der Waals surface area contributed by atoms with Crippen molar-refractivity contribution < 1.29 is 4.16 Å². The summed E-state index contributed by atoms with van der Waals surface area (Å²) in [6, 6.07) is 0. The van der Waals surface area contributed by atoms with Crippen molar-refractivity contribution >= 4 is 18.3 Å². The molecule has 0 unspecified atom stereocenters. The summed E-state index contributed by atoms with van der Waals surface area (Å²) in [5.74, 6) is 5.85. The summed E-state index contributed by atoms with van der Waals surface area (Å²) >= 11 is 4.47. The second-order valence-electron chi connectivity index (χ2n) is 1.84. The van der Waals surface area contributed by atoms with E-state index < -0.39 is 0 Å². The molecule has 9 heavy (non-hydrogen) atoms. The van der Waals surface area contributed by atoms with E-state index in [0.717, 1.165) is 10.00 Å². The number of amidine groups is 1. The largest absolute Gasteiger partial charge is 0.361 e. The van der Waals surface area contributed by atoms with E-state index >= 15 is 0 Å². The molecule has 2 N–H and O–H groups in total. The summed E-state index contributed by atoms with van der Waals surface area (Å²) < 4.78 is 0.870. The predicted octanol–water partition coefficient (Wildman–Crippen LogP) is -0.502. The van der Waals surface area contributed by atoms with Gasteiger partial charge in [0.2, 0.25) is 0 Å². The first-order valence-corrected chi connectivity index (χ1v) is 2.85. The summed E-state index contributed by atoms with van der Waals surface area (Å²) in [6.07, 6.45) is 0. The van der Waals surface area contributed by atoms with Crippen molar-refractivity contribution in [1.29, 1.82) is 0 Å². The molecule has 0 aromatic carbocycles. The Labute approximate surface area is 60.1 Å². The zero-order chi connectivity index (χ0) is 7.44. The molecule has 0 aliphatic carbocycles. The standard InChI is InChI=1S/C4H11N4S/c1-4(7(2)3)6-8(5)9/h1-3H3,(H2,5,9)/q+1. The lowest BCUT2D eigenvalue weighted by Gasteiger charge is -2.05.